The van der Waals surface area contributed by atoms with E-state index < -0.39 is 0 Å². The molecule has 128 valence electrons. The summed E-state index contributed by atoms with van der Waals surface area (Å²) in [5.74, 6) is 5.85. The van der Waals surface area contributed by atoms with Crippen molar-refractivity contribution in [2.24, 2.45) is 10.9 Å². The largest absolute Gasteiger partial charge is 0.507 e. The minimum absolute atomic E-state index is 0.139. The van der Waals surface area contributed by atoms with E-state index in [1.165, 1.54) is 16.9 Å². The summed E-state index contributed by atoms with van der Waals surface area (Å²) in [7, 11) is 0. The molecular weight excluding hydrogens is 342 g/mol. The monoisotopic (exact) mass is 359 g/mol. The molecule has 3 aromatic carbocycles. The number of aryl methyl sites for hydroxylation is 1. The second kappa shape index (κ2) is 6.61. The fraction of sp³-hybridized carbons (Fsp3) is 0.0476. The molecule has 3 N–H and O–H groups in total. The van der Waals surface area contributed by atoms with Crippen LogP contribution in [0.4, 0.5) is 0 Å². The van der Waals surface area contributed by atoms with Crippen molar-refractivity contribution in [2.45, 2.75) is 6.92 Å². The summed E-state index contributed by atoms with van der Waals surface area (Å²) in [5, 5.41) is 19.0. The van der Waals surface area contributed by atoms with Crippen LogP contribution in [0.15, 0.2) is 71.1 Å². The van der Waals surface area contributed by atoms with Gasteiger partial charge in [0.1, 0.15) is 16.5 Å². The van der Waals surface area contributed by atoms with Crippen LogP contribution in [0, 0.1) is 6.92 Å². The minimum atomic E-state index is 0.139. The van der Waals surface area contributed by atoms with Crippen LogP contribution < -0.4 is 5.84 Å². The van der Waals surface area contributed by atoms with Gasteiger partial charge in [-0.25, -0.2) is 4.98 Å². The van der Waals surface area contributed by atoms with Crippen LogP contribution >= 0.6 is 11.3 Å². The van der Waals surface area contributed by atoms with Gasteiger partial charge in [0.15, 0.2) is 0 Å². The third kappa shape index (κ3) is 2.82. The molecule has 0 saturated heterocycles. The van der Waals surface area contributed by atoms with Crippen molar-refractivity contribution in [3.05, 3.63) is 82.2 Å². The zero-order valence-corrected chi connectivity index (χ0v) is 15.0. The molecule has 0 aliphatic carbocycles. The summed E-state index contributed by atoms with van der Waals surface area (Å²) in [6.07, 6.45) is 0. The van der Waals surface area contributed by atoms with Crippen LogP contribution in [0.5, 0.6) is 5.75 Å². The van der Waals surface area contributed by atoms with Crippen molar-refractivity contribution >= 4 is 27.8 Å². The maximum absolute atomic E-state index is 10.5. The lowest BCUT2D eigenvalue weighted by Gasteiger charge is -2.09. The molecule has 5 heteroatoms. The molecule has 0 unspecified atom stereocenters. The number of hydrazone groups is 1. The van der Waals surface area contributed by atoms with E-state index in [4.69, 9.17) is 10.8 Å². The molecule has 0 saturated carbocycles. The highest BCUT2D eigenvalue weighted by Gasteiger charge is 2.19. The number of rotatable bonds is 3. The number of nitrogens with zero attached hydrogens (tertiary/aromatic N) is 2. The van der Waals surface area contributed by atoms with Crippen molar-refractivity contribution in [1.82, 2.24) is 4.98 Å². The van der Waals surface area contributed by atoms with Gasteiger partial charge in [0.2, 0.25) is 0 Å². The molecule has 0 aliphatic rings. The lowest BCUT2D eigenvalue weighted by molar-refractivity contribution is 0.475. The maximum atomic E-state index is 10.5. The maximum Gasteiger partial charge on any atom is 0.145 e. The molecule has 0 bridgehead atoms. The lowest BCUT2D eigenvalue weighted by Crippen LogP contribution is -2.07. The molecule has 0 atom stereocenters. The van der Waals surface area contributed by atoms with Gasteiger partial charge in [0, 0.05) is 10.9 Å². The first-order chi connectivity index (χ1) is 12.7. The van der Waals surface area contributed by atoms with Gasteiger partial charge in [-0.3, -0.25) is 0 Å². The number of aromatic nitrogens is 1. The smallest absolute Gasteiger partial charge is 0.145 e. The quantitative estimate of drug-likeness (QED) is 0.317. The van der Waals surface area contributed by atoms with Gasteiger partial charge in [0.05, 0.1) is 11.3 Å². The topological polar surface area (TPSA) is 71.5 Å². The van der Waals surface area contributed by atoms with Crippen molar-refractivity contribution in [3.8, 4) is 17.0 Å². The average Bonchev–Trinajstić information content (AvgIpc) is 3.14. The molecule has 4 rings (SSSR count). The first-order valence-corrected chi connectivity index (χ1v) is 9.07. The molecule has 0 fully saturated rings. The molecule has 4 aromatic rings. The molecule has 1 heterocycles. The van der Waals surface area contributed by atoms with Crippen molar-refractivity contribution < 1.29 is 5.11 Å². The normalized spacial score (nSPS) is 11.8. The zero-order chi connectivity index (χ0) is 18.1. The van der Waals surface area contributed by atoms with Gasteiger partial charge in [-0.2, -0.15) is 5.10 Å². The fourth-order valence-corrected chi connectivity index (χ4v) is 3.80. The van der Waals surface area contributed by atoms with Crippen LogP contribution in [0.2, 0.25) is 0 Å². The summed E-state index contributed by atoms with van der Waals surface area (Å²) in [6, 6.07) is 19.6. The number of nitrogens with two attached hydrogens (primary N) is 1. The van der Waals surface area contributed by atoms with Gasteiger partial charge in [0.25, 0.3) is 0 Å². The van der Waals surface area contributed by atoms with E-state index in [0.29, 0.717) is 16.3 Å². The highest BCUT2D eigenvalue weighted by molar-refractivity contribution is 7.12. The van der Waals surface area contributed by atoms with Crippen molar-refractivity contribution in [2.75, 3.05) is 0 Å². The number of thiazole rings is 1. The van der Waals surface area contributed by atoms with Gasteiger partial charge in [-0.15, -0.1) is 11.3 Å². The van der Waals surface area contributed by atoms with Crippen LogP contribution in [0.3, 0.4) is 0 Å². The molecule has 0 radical (unpaired) electrons. The van der Waals surface area contributed by atoms with E-state index in [0.717, 1.165) is 22.0 Å². The Morgan fingerprint density at radius 1 is 1.04 bits per heavy atom. The van der Waals surface area contributed by atoms with Crippen LogP contribution in [-0.2, 0) is 0 Å². The lowest BCUT2D eigenvalue weighted by atomic mass is 10.00. The van der Waals surface area contributed by atoms with E-state index in [1.807, 2.05) is 47.8 Å². The Morgan fingerprint density at radius 2 is 1.81 bits per heavy atom. The first-order valence-electron chi connectivity index (χ1n) is 8.19. The Labute approximate surface area is 155 Å². The number of aromatic hydroxyl groups is 1. The third-order valence-electron chi connectivity index (χ3n) is 4.33. The third-order valence-corrected chi connectivity index (χ3v) is 5.18. The van der Waals surface area contributed by atoms with E-state index in [2.05, 4.69) is 24.2 Å². The Morgan fingerprint density at radius 3 is 2.58 bits per heavy atom. The van der Waals surface area contributed by atoms with E-state index >= 15 is 0 Å². The fourth-order valence-electron chi connectivity index (χ4n) is 2.98. The van der Waals surface area contributed by atoms with Crippen molar-refractivity contribution in [1.29, 1.82) is 0 Å². The Balaban J connectivity index is 1.83. The van der Waals surface area contributed by atoms with Gasteiger partial charge >= 0.3 is 0 Å². The Hall–Kier alpha value is -3.18. The number of hydrogen-bond acceptors (Lipinski definition) is 5. The second-order valence-corrected chi connectivity index (χ2v) is 6.92. The number of fused-ring (bicyclic) bond motifs is 1. The molecule has 1 aromatic heterocycles. The second-order valence-electron chi connectivity index (χ2n) is 6.06. The summed E-state index contributed by atoms with van der Waals surface area (Å²) in [5.41, 5.74) is 4.20. The van der Waals surface area contributed by atoms with E-state index in [1.54, 1.807) is 6.07 Å². The van der Waals surface area contributed by atoms with E-state index in [-0.39, 0.29) is 5.75 Å². The summed E-state index contributed by atoms with van der Waals surface area (Å²) >= 11 is 1.46. The number of phenols is 1. The van der Waals surface area contributed by atoms with Crippen LogP contribution in [0.1, 0.15) is 16.1 Å². The Bertz CT molecular complexity index is 1110. The van der Waals surface area contributed by atoms with Crippen LogP contribution in [-0.4, -0.2) is 15.8 Å². The summed E-state index contributed by atoms with van der Waals surface area (Å²) in [6.45, 7) is 2.05. The standard InChI is InChI=1S/C21H17N3OS/c1-13-6-8-15(9-7-13)17-12-26-21(23-17)20(24-22)19-16-5-3-2-4-14(16)10-11-18(19)25/h2-12,25H,22H2,1H3/b24-20+. The Kier molecular flexibility index (Phi) is 4.14. The molecule has 26 heavy (non-hydrogen) atoms. The molecule has 4 nitrogen and oxygen atoms in total. The predicted molar refractivity (Wildman–Crippen MR) is 108 cm³/mol. The van der Waals surface area contributed by atoms with Gasteiger partial charge < -0.3 is 10.9 Å². The first kappa shape index (κ1) is 16.3. The SMILES string of the molecule is Cc1ccc(-c2csc(/C(=N/N)c3c(O)ccc4ccccc34)n2)cc1. The van der Waals surface area contributed by atoms with Gasteiger partial charge in [-0.1, -0.05) is 60.2 Å². The average molecular weight is 359 g/mol. The molecule has 0 amide bonds. The minimum Gasteiger partial charge on any atom is -0.507 e. The highest BCUT2D eigenvalue weighted by atomic mass is 32.1. The highest BCUT2D eigenvalue weighted by Crippen LogP contribution is 2.31. The summed E-state index contributed by atoms with van der Waals surface area (Å²) in [4.78, 5) is 4.70. The molecule has 0 spiro atoms. The van der Waals surface area contributed by atoms with Crippen LogP contribution in [0.25, 0.3) is 22.0 Å². The zero-order valence-electron chi connectivity index (χ0n) is 14.2. The summed E-state index contributed by atoms with van der Waals surface area (Å²) < 4.78 is 0. The number of benzene rings is 3. The molecule has 0 aliphatic heterocycles. The number of hydrogen-bond donors (Lipinski definition) is 2. The number of phenolic OH excluding ortho intramolecular Hbond substituents is 1. The van der Waals surface area contributed by atoms with Gasteiger partial charge in [-0.05, 0) is 23.8 Å². The van der Waals surface area contributed by atoms with Crippen molar-refractivity contribution in [3.63, 3.8) is 0 Å². The van der Waals surface area contributed by atoms with E-state index in [9.17, 15) is 5.11 Å². The molecular formula is C21H17N3OS. The predicted octanol–water partition coefficient (Wildman–Crippen LogP) is 4.69.